The number of nitrogens with one attached hydrogen (secondary N) is 1. The summed E-state index contributed by atoms with van der Waals surface area (Å²) in [6.07, 6.45) is 3.71. The SMILES string of the molecule is Cc1ccc(N(C)c2ncc(F)cc2CNC2CC2)cc1. The molecular weight excluding hydrogens is 265 g/mol. The van der Waals surface area contributed by atoms with Gasteiger partial charge in [0.2, 0.25) is 0 Å². The van der Waals surface area contributed by atoms with Gasteiger partial charge in [0.15, 0.2) is 0 Å². The number of aromatic nitrogens is 1. The highest BCUT2D eigenvalue weighted by atomic mass is 19.1. The molecule has 0 amide bonds. The van der Waals surface area contributed by atoms with Crippen molar-refractivity contribution in [3.63, 3.8) is 0 Å². The van der Waals surface area contributed by atoms with E-state index in [2.05, 4.69) is 41.5 Å². The first-order valence-corrected chi connectivity index (χ1v) is 7.31. The van der Waals surface area contributed by atoms with Crippen LogP contribution in [0.2, 0.25) is 0 Å². The van der Waals surface area contributed by atoms with Gasteiger partial charge >= 0.3 is 0 Å². The van der Waals surface area contributed by atoms with Gasteiger partial charge < -0.3 is 10.2 Å². The number of pyridine rings is 1. The van der Waals surface area contributed by atoms with Crippen molar-refractivity contribution in [2.24, 2.45) is 0 Å². The van der Waals surface area contributed by atoms with E-state index in [4.69, 9.17) is 0 Å². The average molecular weight is 285 g/mol. The third-order valence-electron chi connectivity index (χ3n) is 3.81. The van der Waals surface area contributed by atoms with Crippen LogP contribution in [0.1, 0.15) is 24.0 Å². The summed E-state index contributed by atoms with van der Waals surface area (Å²) in [7, 11) is 1.96. The van der Waals surface area contributed by atoms with Gasteiger partial charge in [-0.3, -0.25) is 0 Å². The van der Waals surface area contributed by atoms with Crippen LogP contribution in [0, 0.1) is 12.7 Å². The van der Waals surface area contributed by atoms with Gasteiger partial charge in [0, 0.05) is 30.9 Å². The Morgan fingerprint density at radius 1 is 1.29 bits per heavy atom. The lowest BCUT2D eigenvalue weighted by Crippen LogP contribution is -2.20. The van der Waals surface area contributed by atoms with Crippen molar-refractivity contribution < 1.29 is 4.39 Å². The van der Waals surface area contributed by atoms with E-state index >= 15 is 0 Å². The number of nitrogens with zero attached hydrogens (tertiary/aromatic N) is 2. The molecule has 1 aromatic carbocycles. The minimum atomic E-state index is -0.288. The Balaban J connectivity index is 1.86. The van der Waals surface area contributed by atoms with Crippen LogP contribution in [0.5, 0.6) is 0 Å². The van der Waals surface area contributed by atoms with Gasteiger partial charge in [0.1, 0.15) is 11.6 Å². The van der Waals surface area contributed by atoms with Gasteiger partial charge in [-0.15, -0.1) is 0 Å². The van der Waals surface area contributed by atoms with Crippen molar-refractivity contribution >= 4 is 11.5 Å². The Labute approximate surface area is 124 Å². The molecule has 0 bridgehead atoms. The lowest BCUT2D eigenvalue weighted by atomic mass is 10.2. The summed E-state index contributed by atoms with van der Waals surface area (Å²) in [5.41, 5.74) is 3.16. The van der Waals surface area contributed by atoms with E-state index in [9.17, 15) is 4.39 Å². The van der Waals surface area contributed by atoms with Crippen LogP contribution in [0.4, 0.5) is 15.9 Å². The second-order valence-electron chi connectivity index (χ2n) is 5.69. The molecular formula is C17H20FN3. The van der Waals surface area contributed by atoms with Crippen LogP contribution >= 0.6 is 0 Å². The molecule has 0 atom stereocenters. The highest BCUT2D eigenvalue weighted by Crippen LogP contribution is 2.27. The zero-order valence-corrected chi connectivity index (χ0v) is 12.4. The average Bonchev–Trinajstić information content (AvgIpc) is 3.29. The number of anilines is 2. The third-order valence-corrected chi connectivity index (χ3v) is 3.81. The smallest absolute Gasteiger partial charge is 0.141 e. The highest BCUT2D eigenvalue weighted by Gasteiger charge is 2.21. The molecule has 1 saturated carbocycles. The van der Waals surface area contributed by atoms with Crippen molar-refractivity contribution in [3.05, 3.63) is 53.5 Å². The number of benzene rings is 1. The first-order valence-electron chi connectivity index (χ1n) is 7.31. The fourth-order valence-corrected chi connectivity index (χ4v) is 2.34. The van der Waals surface area contributed by atoms with Gasteiger partial charge in [0.05, 0.1) is 6.20 Å². The standard InChI is InChI=1S/C17H20FN3/c1-12-3-7-16(8-4-12)21(2)17-13(9-14(18)11-20-17)10-19-15-5-6-15/h3-4,7-9,11,15,19H,5-6,10H2,1-2H3. The van der Waals surface area contributed by atoms with E-state index in [-0.39, 0.29) is 5.82 Å². The lowest BCUT2D eigenvalue weighted by Gasteiger charge is -2.21. The van der Waals surface area contributed by atoms with Crippen LogP contribution in [-0.2, 0) is 6.54 Å². The second-order valence-corrected chi connectivity index (χ2v) is 5.69. The largest absolute Gasteiger partial charge is 0.329 e. The fourth-order valence-electron chi connectivity index (χ4n) is 2.34. The van der Waals surface area contributed by atoms with E-state index in [1.54, 1.807) is 6.07 Å². The van der Waals surface area contributed by atoms with Crippen LogP contribution < -0.4 is 10.2 Å². The van der Waals surface area contributed by atoms with Crippen molar-refractivity contribution in [2.75, 3.05) is 11.9 Å². The summed E-state index contributed by atoms with van der Waals surface area (Å²) in [6.45, 7) is 2.71. The molecule has 0 spiro atoms. The zero-order chi connectivity index (χ0) is 14.8. The quantitative estimate of drug-likeness (QED) is 0.910. The Morgan fingerprint density at radius 2 is 2.00 bits per heavy atom. The molecule has 1 heterocycles. The van der Waals surface area contributed by atoms with E-state index < -0.39 is 0 Å². The summed E-state index contributed by atoms with van der Waals surface area (Å²) in [6, 6.07) is 10.4. The normalized spacial score (nSPS) is 14.2. The summed E-state index contributed by atoms with van der Waals surface area (Å²) in [4.78, 5) is 6.29. The molecule has 0 aliphatic heterocycles. The summed E-state index contributed by atoms with van der Waals surface area (Å²) in [5, 5.41) is 3.42. The third kappa shape index (κ3) is 3.39. The minimum Gasteiger partial charge on any atom is -0.329 e. The van der Waals surface area contributed by atoms with Crippen molar-refractivity contribution in [1.29, 1.82) is 0 Å². The molecule has 21 heavy (non-hydrogen) atoms. The van der Waals surface area contributed by atoms with Crippen molar-refractivity contribution in [2.45, 2.75) is 32.4 Å². The molecule has 3 rings (SSSR count). The van der Waals surface area contributed by atoms with Gasteiger partial charge in [-0.05, 0) is 38.0 Å². The number of hydrogen-bond donors (Lipinski definition) is 1. The summed E-state index contributed by atoms with van der Waals surface area (Å²) in [5.74, 6) is 0.511. The number of hydrogen-bond acceptors (Lipinski definition) is 3. The van der Waals surface area contributed by atoms with Crippen molar-refractivity contribution in [3.8, 4) is 0 Å². The summed E-state index contributed by atoms with van der Waals surface area (Å²) >= 11 is 0. The number of rotatable bonds is 5. The van der Waals surface area contributed by atoms with Gasteiger partial charge in [-0.1, -0.05) is 17.7 Å². The molecule has 1 aliphatic carbocycles. The van der Waals surface area contributed by atoms with Gasteiger partial charge in [0.25, 0.3) is 0 Å². The fraction of sp³-hybridized carbons (Fsp3) is 0.353. The first kappa shape index (κ1) is 14.0. The molecule has 2 aromatic rings. The predicted octanol–water partition coefficient (Wildman–Crippen LogP) is 3.55. The van der Waals surface area contributed by atoms with Gasteiger partial charge in [-0.2, -0.15) is 0 Å². The van der Waals surface area contributed by atoms with Gasteiger partial charge in [-0.25, -0.2) is 9.37 Å². The lowest BCUT2D eigenvalue weighted by molar-refractivity contribution is 0.612. The zero-order valence-electron chi connectivity index (χ0n) is 12.4. The molecule has 0 radical (unpaired) electrons. The van der Waals surface area contributed by atoms with E-state index in [0.29, 0.717) is 12.6 Å². The maximum Gasteiger partial charge on any atom is 0.141 e. The second kappa shape index (κ2) is 5.82. The molecule has 110 valence electrons. The Morgan fingerprint density at radius 3 is 2.67 bits per heavy atom. The molecule has 1 N–H and O–H groups in total. The minimum absolute atomic E-state index is 0.288. The van der Waals surface area contributed by atoms with Crippen molar-refractivity contribution in [1.82, 2.24) is 10.3 Å². The Hall–Kier alpha value is -1.94. The number of halogens is 1. The molecule has 1 aliphatic rings. The van der Waals surface area contributed by atoms with Crippen LogP contribution in [0.25, 0.3) is 0 Å². The topological polar surface area (TPSA) is 28.2 Å². The van der Waals surface area contributed by atoms with Crippen LogP contribution in [0.3, 0.4) is 0 Å². The Kier molecular flexibility index (Phi) is 3.88. The summed E-state index contributed by atoms with van der Waals surface area (Å²) < 4.78 is 13.5. The monoisotopic (exact) mass is 285 g/mol. The predicted molar refractivity (Wildman–Crippen MR) is 83.3 cm³/mol. The molecule has 0 unspecified atom stereocenters. The number of aryl methyl sites for hydroxylation is 1. The van der Waals surface area contributed by atoms with E-state index in [0.717, 1.165) is 17.1 Å². The van der Waals surface area contributed by atoms with Crippen LogP contribution in [-0.4, -0.2) is 18.1 Å². The van der Waals surface area contributed by atoms with Crippen LogP contribution in [0.15, 0.2) is 36.5 Å². The first-order chi connectivity index (χ1) is 10.1. The highest BCUT2D eigenvalue weighted by molar-refractivity contribution is 5.62. The maximum atomic E-state index is 13.5. The maximum absolute atomic E-state index is 13.5. The van der Waals surface area contributed by atoms with E-state index in [1.807, 2.05) is 11.9 Å². The van der Waals surface area contributed by atoms with E-state index in [1.165, 1.54) is 24.6 Å². The molecule has 1 aromatic heterocycles. The molecule has 0 saturated heterocycles. The molecule has 3 nitrogen and oxygen atoms in total. The Bertz CT molecular complexity index is 620. The molecule has 1 fully saturated rings. The molecule has 4 heteroatoms.